The molecular formula is C15H11ClFNO3. The van der Waals surface area contributed by atoms with Gasteiger partial charge in [-0.3, -0.25) is 4.79 Å². The zero-order valence-electron chi connectivity index (χ0n) is 10.8. The number of carbonyl (C=O) groups excluding carboxylic acids is 2. The van der Waals surface area contributed by atoms with Crippen molar-refractivity contribution in [3.8, 4) is 0 Å². The Labute approximate surface area is 125 Å². The number of benzene rings is 2. The lowest BCUT2D eigenvalue weighted by molar-refractivity contribution is -0.119. The molecule has 0 atom stereocenters. The number of ether oxygens (including phenoxy) is 1. The number of rotatable bonds is 4. The van der Waals surface area contributed by atoms with Gasteiger partial charge in [0.05, 0.1) is 11.3 Å². The lowest BCUT2D eigenvalue weighted by atomic mass is 10.2. The van der Waals surface area contributed by atoms with E-state index in [-0.39, 0.29) is 10.7 Å². The quantitative estimate of drug-likeness (QED) is 0.882. The molecule has 0 saturated heterocycles. The minimum absolute atomic E-state index is 0.0276. The third-order valence-corrected chi connectivity index (χ3v) is 2.78. The molecular weight excluding hydrogens is 297 g/mol. The lowest BCUT2D eigenvalue weighted by Crippen LogP contribution is -2.21. The number of anilines is 1. The smallest absolute Gasteiger partial charge is 0.338 e. The van der Waals surface area contributed by atoms with Crippen molar-refractivity contribution in [1.82, 2.24) is 0 Å². The second-order valence-electron chi connectivity index (χ2n) is 4.11. The van der Waals surface area contributed by atoms with E-state index in [1.54, 1.807) is 30.3 Å². The van der Waals surface area contributed by atoms with Gasteiger partial charge in [0.2, 0.25) is 0 Å². The summed E-state index contributed by atoms with van der Waals surface area (Å²) in [5.41, 5.74) is 0.308. The van der Waals surface area contributed by atoms with Crippen molar-refractivity contribution in [2.75, 3.05) is 11.9 Å². The van der Waals surface area contributed by atoms with Crippen LogP contribution in [-0.4, -0.2) is 18.5 Å². The van der Waals surface area contributed by atoms with Crippen LogP contribution in [0.5, 0.6) is 0 Å². The lowest BCUT2D eigenvalue weighted by Gasteiger charge is -2.07. The summed E-state index contributed by atoms with van der Waals surface area (Å²) in [7, 11) is 0. The normalized spacial score (nSPS) is 10.0. The molecule has 0 fully saturated rings. The van der Waals surface area contributed by atoms with E-state index >= 15 is 0 Å². The molecule has 0 aliphatic rings. The maximum absolute atomic E-state index is 13.5. The van der Waals surface area contributed by atoms with Crippen LogP contribution in [0.3, 0.4) is 0 Å². The molecule has 0 unspecified atom stereocenters. The minimum Gasteiger partial charge on any atom is -0.452 e. The van der Waals surface area contributed by atoms with Gasteiger partial charge >= 0.3 is 5.97 Å². The maximum atomic E-state index is 13.5. The van der Waals surface area contributed by atoms with Gasteiger partial charge in [-0.25, -0.2) is 9.18 Å². The van der Waals surface area contributed by atoms with E-state index in [2.05, 4.69) is 5.32 Å². The molecule has 2 rings (SSSR count). The van der Waals surface area contributed by atoms with Crippen LogP contribution >= 0.6 is 11.6 Å². The van der Waals surface area contributed by atoms with Crippen LogP contribution in [0.1, 0.15) is 10.4 Å². The van der Waals surface area contributed by atoms with Crippen LogP contribution in [0.15, 0.2) is 48.5 Å². The second-order valence-corrected chi connectivity index (χ2v) is 4.55. The molecule has 2 aromatic rings. The van der Waals surface area contributed by atoms with Crippen LogP contribution in [0.4, 0.5) is 10.1 Å². The van der Waals surface area contributed by atoms with Gasteiger partial charge in [0.1, 0.15) is 5.82 Å². The third-order valence-electron chi connectivity index (χ3n) is 2.55. The molecule has 2 aromatic carbocycles. The number of amides is 1. The highest BCUT2D eigenvalue weighted by molar-refractivity contribution is 6.30. The summed E-state index contributed by atoms with van der Waals surface area (Å²) in [4.78, 5) is 23.2. The van der Waals surface area contributed by atoms with E-state index in [0.717, 1.165) is 6.07 Å². The average Bonchev–Trinajstić information content (AvgIpc) is 2.48. The van der Waals surface area contributed by atoms with Crippen molar-refractivity contribution in [2.45, 2.75) is 0 Å². The molecule has 1 N–H and O–H groups in total. The monoisotopic (exact) mass is 307 g/mol. The molecule has 0 aromatic heterocycles. The van der Waals surface area contributed by atoms with E-state index in [9.17, 15) is 14.0 Å². The highest BCUT2D eigenvalue weighted by Crippen LogP contribution is 2.18. The number of halogens is 2. The molecule has 0 aliphatic carbocycles. The van der Waals surface area contributed by atoms with Crippen molar-refractivity contribution >= 4 is 29.2 Å². The Bertz CT molecular complexity index is 661. The van der Waals surface area contributed by atoms with Gasteiger partial charge in [0, 0.05) is 5.02 Å². The van der Waals surface area contributed by atoms with Crippen LogP contribution in [0.25, 0.3) is 0 Å². The van der Waals surface area contributed by atoms with E-state index < -0.39 is 24.3 Å². The van der Waals surface area contributed by atoms with E-state index in [1.165, 1.54) is 12.1 Å². The Kier molecular flexibility index (Phi) is 4.90. The predicted molar refractivity (Wildman–Crippen MR) is 76.8 cm³/mol. The predicted octanol–water partition coefficient (Wildman–Crippen LogP) is 3.27. The molecule has 0 heterocycles. The summed E-state index contributed by atoms with van der Waals surface area (Å²) in [6.07, 6.45) is 0. The van der Waals surface area contributed by atoms with Crippen molar-refractivity contribution < 1.29 is 18.7 Å². The third kappa shape index (κ3) is 4.29. The second kappa shape index (κ2) is 6.85. The number of esters is 1. The molecule has 1 amide bonds. The van der Waals surface area contributed by atoms with Crippen molar-refractivity contribution in [2.24, 2.45) is 0 Å². The van der Waals surface area contributed by atoms with Gasteiger partial charge in [-0.2, -0.15) is 0 Å². The number of hydrogen-bond donors (Lipinski definition) is 1. The molecule has 0 saturated carbocycles. The first kappa shape index (κ1) is 15.0. The Balaban J connectivity index is 1.89. The van der Waals surface area contributed by atoms with Gasteiger partial charge in [-0.1, -0.05) is 29.8 Å². The first-order chi connectivity index (χ1) is 10.1. The summed E-state index contributed by atoms with van der Waals surface area (Å²) in [5, 5.41) is 2.52. The Morgan fingerprint density at radius 1 is 1.14 bits per heavy atom. The highest BCUT2D eigenvalue weighted by Gasteiger charge is 2.11. The SMILES string of the molecule is O=C(COC(=O)c1ccccc1)Nc1ccc(Cl)cc1F. The topological polar surface area (TPSA) is 55.4 Å². The summed E-state index contributed by atoms with van der Waals surface area (Å²) >= 11 is 5.60. The molecule has 0 bridgehead atoms. The number of carbonyl (C=O) groups is 2. The van der Waals surface area contributed by atoms with E-state index in [0.29, 0.717) is 5.56 Å². The first-order valence-corrected chi connectivity index (χ1v) is 6.41. The van der Waals surface area contributed by atoms with Crippen molar-refractivity contribution in [3.63, 3.8) is 0 Å². The molecule has 0 spiro atoms. The highest BCUT2D eigenvalue weighted by atomic mass is 35.5. The van der Waals surface area contributed by atoms with Gasteiger partial charge in [-0.05, 0) is 30.3 Å². The number of nitrogens with one attached hydrogen (secondary N) is 1. The fraction of sp³-hybridized carbons (Fsp3) is 0.0667. The van der Waals surface area contributed by atoms with Crippen molar-refractivity contribution in [1.29, 1.82) is 0 Å². The maximum Gasteiger partial charge on any atom is 0.338 e. The van der Waals surface area contributed by atoms with E-state index in [4.69, 9.17) is 16.3 Å². The first-order valence-electron chi connectivity index (χ1n) is 6.03. The Morgan fingerprint density at radius 2 is 1.86 bits per heavy atom. The molecule has 6 heteroatoms. The Hall–Kier alpha value is -2.40. The summed E-state index contributed by atoms with van der Waals surface area (Å²) in [6, 6.07) is 12.1. The summed E-state index contributed by atoms with van der Waals surface area (Å²) in [5.74, 6) is -1.92. The molecule has 0 radical (unpaired) electrons. The van der Waals surface area contributed by atoms with Crippen LogP contribution in [0.2, 0.25) is 5.02 Å². The summed E-state index contributed by atoms with van der Waals surface area (Å²) in [6.45, 7) is -0.504. The molecule has 108 valence electrons. The fourth-order valence-corrected chi connectivity index (χ4v) is 1.72. The zero-order valence-corrected chi connectivity index (χ0v) is 11.6. The van der Waals surface area contributed by atoms with Crippen LogP contribution < -0.4 is 5.32 Å². The largest absolute Gasteiger partial charge is 0.452 e. The molecule has 4 nitrogen and oxygen atoms in total. The number of hydrogen-bond acceptors (Lipinski definition) is 3. The molecule has 0 aliphatic heterocycles. The zero-order chi connectivity index (χ0) is 15.2. The van der Waals surface area contributed by atoms with Gasteiger partial charge < -0.3 is 10.1 Å². The van der Waals surface area contributed by atoms with Crippen LogP contribution in [0, 0.1) is 5.82 Å². The minimum atomic E-state index is -0.662. The molecule has 21 heavy (non-hydrogen) atoms. The van der Waals surface area contributed by atoms with Gasteiger partial charge in [0.15, 0.2) is 6.61 Å². The van der Waals surface area contributed by atoms with Crippen LogP contribution in [-0.2, 0) is 9.53 Å². The Morgan fingerprint density at radius 3 is 2.52 bits per heavy atom. The standard InChI is InChI=1S/C15H11ClFNO3/c16-11-6-7-13(12(17)8-11)18-14(19)9-21-15(20)10-4-2-1-3-5-10/h1-8H,9H2,(H,18,19). The van der Waals surface area contributed by atoms with Gasteiger partial charge in [0.25, 0.3) is 5.91 Å². The van der Waals surface area contributed by atoms with E-state index in [1.807, 2.05) is 0 Å². The van der Waals surface area contributed by atoms with Crippen molar-refractivity contribution in [3.05, 3.63) is 64.9 Å². The average molecular weight is 308 g/mol. The summed E-state index contributed by atoms with van der Waals surface area (Å²) < 4.78 is 18.3. The van der Waals surface area contributed by atoms with Gasteiger partial charge in [-0.15, -0.1) is 0 Å². The fourth-order valence-electron chi connectivity index (χ4n) is 1.57.